The number of amides is 3. The van der Waals surface area contributed by atoms with Crippen LogP contribution in [0.25, 0.3) is 0 Å². The Balaban J connectivity index is 1.44. The second-order valence-corrected chi connectivity index (χ2v) is 8.83. The Hall–Kier alpha value is -3.78. The maximum absolute atomic E-state index is 13.2. The van der Waals surface area contributed by atoms with Crippen LogP contribution in [0.2, 0.25) is 0 Å². The molecule has 4 rings (SSSR count). The average Bonchev–Trinajstić information content (AvgIpc) is 3.12. The standard InChI is InChI=1S/C27H26N2O5S/c1-3-33-19-12-14-21(15-13-19)34-20-10-8-18(9-11-20)28-25(30)24(16-17-35-2)29-26(31)22-6-4-5-7-23(22)27(29)32/h4-15,24H,3,16-17H2,1-2H3,(H,28,30). The summed E-state index contributed by atoms with van der Waals surface area (Å²) in [5, 5.41) is 2.84. The SMILES string of the molecule is CCOc1ccc(Oc2ccc(NC(=O)C(CCSC)N3C(=O)c4ccccc4C3=O)cc2)cc1. The maximum atomic E-state index is 13.2. The van der Waals surface area contributed by atoms with E-state index in [0.717, 1.165) is 10.6 Å². The molecule has 0 aromatic heterocycles. The number of rotatable bonds is 10. The highest BCUT2D eigenvalue weighted by atomic mass is 32.2. The zero-order chi connectivity index (χ0) is 24.8. The third-order valence-electron chi connectivity index (χ3n) is 5.53. The summed E-state index contributed by atoms with van der Waals surface area (Å²) in [4.78, 5) is 40.2. The maximum Gasteiger partial charge on any atom is 0.262 e. The summed E-state index contributed by atoms with van der Waals surface area (Å²) in [6.07, 6.45) is 2.28. The molecule has 0 aliphatic carbocycles. The predicted octanol–water partition coefficient (Wildman–Crippen LogP) is 5.23. The number of carbonyl (C=O) groups excluding carboxylic acids is 3. The lowest BCUT2D eigenvalue weighted by Gasteiger charge is -2.25. The molecular weight excluding hydrogens is 464 g/mol. The van der Waals surface area contributed by atoms with Gasteiger partial charge in [-0.05, 0) is 86.0 Å². The second kappa shape index (κ2) is 11.1. The summed E-state index contributed by atoms with van der Waals surface area (Å²) >= 11 is 1.55. The number of nitrogens with one attached hydrogen (secondary N) is 1. The molecular formula is C27H26N2O5S. The fraction of sp³-hybridized carbons (Fsp3) is 0.222. The van der Waals surface area contributed by atoms with Crippen LogP contribution >= 0.6 is 11.8 Å². The van der Waals surface area contributed by atoms with Gasteiger partial charge in [0.15, 0.2) is 0 Å². The number of thioether (sulfide) groups is 1. The zero-order valence-electron chi connectivity index (χ0n) is 19.5. The molecule has 3 aromatic rings. The summed E-state index contributed by atoms with van der Waals surface area (Å²) in [7, 11) is 0. The van der Waals surface area contributed by atoms with E-state index in [4.69, 9.17) is 9.47 Å². The number of benzene rings is 3. The highest BCUT2D eigenvalue weighted by Crippen LogP contribution is 2.28. The Morgan fingerprint density at radius 3 is 1.97 bits per heavy atom. The van der Waals surface area contributed by atoms with Crippen molar-refractivity contribution in [2.24, 2.45) is 0 Å². The van der Waals surface area contributed by atoms with E-state index in [0.29, 0.717) is 47.1 Å². The van der Waals surface area contributed by atoms with Crippen molar-refractivity contribution < 1.29 is 23.9 Å². The van der Waals surface area contributed by atoms with Crippen LogP contribution in [0.15, 0.2) is 72.8 Å². The van der Waals surface area contributed by atoms with Crippen molar-refractivity contribution in [2.45, 2.75) is 19.4 Å². The van der Waals surface area contributed by atoms with Crippen LogP contribution < -0.4 is 14.8 Å². The molecule has 1 atom stereocenters. The largest absolute Gasteiger partial charge is 0.494 e. The molecule has 0 radical (unpaired) electrons. The topological polar surface area (TPSA) is 84.9 Å². The molecule has 0 spiro atoms. The molecule has 0 saturated carbocycles. The van der Waals surface area contributed by atoms with Gasteiger partial charge in [-0.3, -0.25) is 19.3 Å². The molecule has 0 fully saturated rings. The minimum atomic E-state index is -0.908. The molecule has 35 heavy (non-hydrogen) atoms. The normalized spacial score (nSPS) is 13.4. The molecule has 1 aliphatic heterocycles. The summed E-state index contributed by atoms with van der Waals surface area (Å²) < 4.78 is 11.3. The Morgan fingerprint density at radius 2 is 1.43 bits per heavy atom. The van der Waals surface area contributed by atoms with Crippen LogP contribution in [0.4, 0.5) is 5.69 Å². The number of hydrogen-bond acceptors (Lipinski definition) is 6. The van der Waals surface area contributed by atoms with E-state index in [1.807, 2.05) is 37.4 Å². The number of hydrogen-bond donors (Lipinski definition) is 1. The molecule has 3 amide bonds. The van der Waals surface area contributed by atoms with Crippen LogP contribution in [-0.4, -0.2) is 47.3 Å². The van der Waals surface area contributed by atoms with Gasteiger partial charge in [0, 0.05) is 5.69 Å². The smallest absolute Gasteiger partial charge is 0.262 e. The van der Waals surface area contributed by atoms with Crippen molar-refractivity contribution in [2.75, 3.05) is 23.9 Å². The number of ether oxygens (including phenoxy) is 2. The highest BCUT2D eigenvalue weighted by molar-refractivity contribution is 7.98. The monoisotopic (exact) mass is 490 g/mol. The number of nitrogens with zero attached hydrogens (tertiary/aromatic N) is 1. The van der Waals surface area contributed by atoms with Crippen LogP contribution in [0.1, 0.15) is 34.1 Å². The zero-order valence-corrected chi connectivity index (χ0v) is 20.3. The van der Waals surface area contributed by atoms with Crippen LogP contribution in [0.3, 0.4) is 0 Å². The molecule has 7 nitrogen and oxygen atoms in total. The van der Waals surface area contributed by atoms with E-state index in [1.54, 1.807) is 60.3 Å². The number of carbonyl (C=O) groups is 3. The van der Waals surface area contributed by atoms with Crippen molar-refractivity contribution in [3.63, 3.8) is 0 Å². The van der Waals surface area contributed by atoms with Gasteiger partial charge in [0.05, 0.1) is 17.7 Å². The van der Waals surface area contributed by atoms with E-state index in [9.17, 15) is 14.4 Å². The Kier molecular flexibility index (Phi) is 7.72. The minimum Gasteiger partial charge on any atom is -0.494 e. The number of fused-ring (bicyclic) bond motifs is 1. The van der Waals surface area contributed by atoms with Gasteiger partial charge >= 0.3 is 0 Å². The average molecular weight is 491 g/mol. The molecule has 3 aromatic carbocycles. The van der Waals surface area contributed by atoms with Gasteiger partial charge in [-0.2, -0.15) is 11.8 Å². The summed E-state index contributed by atoms with van der Waals surface area (Å²) in [6.45, 7) is 2.52. The third kappa shape index (κ3) is 5.49. The molecule has 0 saturated heterocycles. The van der Waals surface area contributed by atoms with Gasteiger partial charge in [0.1, 0.15) is 23.3 Å². The Labute approximate surface area is 208 Å². The van der Waals surface area contributed by atoms with E-state index >= 15 is 0 Å². The van der Waals surface area contributed by atoms with Crippen LogP contribution in [0, 0.1) is 0 Å². The first kappa shape index (κ1) is 24.3. The van der Waals surface area contributed by atoms with Gasteiger partial charge in [-0.1, -0.05) is 12.1 Å². The fourth-order valence-electron chi connectivity index (χ4n) is 3.84. The van der Waals surface area contributed by atoms with Crippen molar-refractivity contribution in [1.82, 2.24) is 4.90 Å². The van der Waals surface area contributed by atoms with Gasteiger partial charge in [-0.25, -0.2) is 0 Å². The Morgan fingerprint density at radius 1 is 0.886 bits per heavy atom. The molecule has 1 aliphatic rings. The van der Waals surface area contributed by atoms with E-state index in [1.165, 1.54) is 0 Å². The lowest BCUT2D eigenvalue weighted by molar-refractivity contribution is -0.120. The lowest BCUT2D eigenvalue weighted by atomic mass is 10.1. The van der Waals surface area contributed by atoms with Gasteiger partial charge < -0.3 is 14.8 Å². The highest BCUT2D eigenvalue weighted by Gasteiger charge is 2.42. The minimum absolute atomic E-state index is 0.329. The molecule has 180 valence electrons. The van der Waals surface area contributed by atoms with Crippen molar-refractivity contribution in [3.8, 4) is 17.2 Å². The number of imide groups is 1. The molecule has 1 heterocycles. The van der Waals surface area contributed by atoms with Gasteiger partial charge in [0.25, 0.3) is 11.8 Å². The first-order valence-electron chi connectivity index (χ1n) is 11.3. The van der Waals surface area contributed by atoms with Gasteiger partial charge in [-0.15, -0.1) is 0 Å². The second-order valence-electron chi connectivity index (χ2n) is 7.84. The van der Waals surface area contributed by atoms with Crippen molar-refractivity contribution in [1.29, 1.82) is 0 Å². The first-order valence-corrected chi connectivity index (χ1v) is 12.7. The quantitative estimate of drug-likeness (QED) is 0.392. The first-order chi connectivity index (χ1) is 17.0. The van der Waals surface area contributed by atoms with E-state index in [2.05, 4.69) is 5.32 Å². The van der Waals surface area contributed by atoms with Gasteiger partial charge in [0.2, 0.25) is 5.91 Å². The summed E-state index contributed by atoms with van der Waals surface area (Å²) in [5.41, 5.74) is 1.20. The van der Waals surface area contributed by atoms with E-state index < -0.39 is 23.8 Å². The molecule has 1 unspecified atom stereocenters. The fourth-order valence-corrected chi connectivity index (χ4v) is 4.30. The molecule has 1 N–H and O–H groups in total. The molecule has 8 heteroatoms. The summed E-state index contributed by atoms with van der Waals surface area (Å²) in [5.74, 6) is 1.37. The van der Waals surface area contributed by atoms with Crippen LogP contribution in [-0.2, 0) is 4.79 Å². The Bertz CT molecular complexity index is 1180. The van der Waals surface area contributed by atoms with Crippen molar-refractivity contribution >= 4 is 35.2 Å². The van der Waals surface area contributed by atoms with Crippen molar-refractivity contribution in [3.05, 3.63) is 83.9 Å². The van der Waals surface area contributed by atoms with E-state index in [-0.39, 0.29) is 0 Å². The molecule has 0 bridgehead atoms. The predicted molar refractivity (Wildman–Crippen MR) is 136 cm³/mol. The number of anilines is 1. The summed E-state index contributed by atoms with van der Waals surface area (Å²) in [6, 6.07) is 20.0. The third-order valence-corrected chi connectivity index (χ3v) is 6.17. The lowest BCUT2D eigenvalue weighted by Crippen LogP contribution is -2.47. The van der Waals surface area contributed by atoms with Crippen LogP contribution in [0.5, 0.6) is 17.2 Å².